The summed E-state index contributed by atoms with van der Waals surface area (Å²) in [6, 6.07) is 2.23. The van der Waals surface area contributed by atoms with E-state index in [-0.39, 0.29) is 5.84 Å². The number of aromatic nitrogens is 2. The van der Waals surface area contributed by atoms with Gasteiger partial charge in [-0.15, -0.1) is 5.10 Å². The molecule has 0 radical (unpaired) electrons. The number of ether oxygens (including phenoxy) is 1. The molecule has 0 aliphatic carbocycles. The Morgan fingerprint density at radius 1 is 1.67 bits per heavy atom. The van der Waals surface area contributed by atoms with Crippen molar-refractivity contribution in [2.75, 3.05) is 20.2 Å². The Morgan fingerprint density at radius 3 is 3.17 bits per heavy atom. The molecule has 0 bridgehead atoms. The fourth-order valence-corrected chi connectivity index (χ4v) is 2.27. The van der Waals surface area contributed by atoms with E-state index < -0.39 is 0 Å². The lowest BCUT2D eigenvalue weighted by Gasteiger charge is -2.19. The van der Waals surface area contributed by atoms with Crippen molar-refractivity contribution in [2.24, 2.45) is 5.73 Å². The van der Waals surface area contributed by atoms with Crippen molar-refractivity contribution in [3.05, 3.63) is 17.8 Å². The molecule has 0 spiro atoms. The Labute approximate surface area is 107 Å². The minimum Gasteiger partial charge on any atom is -0.476 e. The van der Waals surface area contributed by atoms with Crippen LogP contribution in [0.5, 0.6) is 5.88 Å². The summed E-state index contributed by atoms with van der Waals surface area (Å²) in [7, 11) is 2.14. The number of rotatable bonds is 5. The van der Waals surface area contributed by atoms with Crippen LogP contribution in [0.4, 0.5) is 0 Å². The van der Waals surface area contributed by atoms with Crippen molar-refractivity contribution in [1.29, 1.82) is 5.41 Å². The molecule has 2 heterocycles. The summed E-state index contributed by atoms with van der Waals surface area (Å²) in [5.41, 5.74) is 5.96. The third-order valence-electron chi connectivity index (χ3n) is 3.34. The minimum atomic E-state index is -0.0436. The van der Waals surface area contributed by atoms with E-state index in [2.05, 4.69) is 22.1 Å². The summed E-state index contributed by atoms with van der Waals surface area (Å²) in [4.78, 5) is 2.35. The zero-order valence-electron chi connectivity index (χ0n) is 10.6. The molecule has 1 aliphatic rings. The van der Waals surface area contributed by atoms with Crippen LogP contribution in [0.25, 0.3) is 0 Å². The zero-order chi connectivity index (χ0) is 13.0. The normalized spacial score (nSPS) is 19.9. The van der Waals surface area contributed by atoms with Crippen LogP contribution in [-0.2, 0) is 0 Å². The fraction of sp³-hybridized carbons (Fsp3) is 0.583. The van der Waals surface area contributed by atoms with Crippen LogP contribution in [-0.4, -0.2) is 47.2 Å². The summed E-state index contributed by atoms with van der Waals surface area (Å²) in [6.45, 7) is 1.74. The van der Waals surface area contributed by atoms with Crippen LogP contribution in [0.3, 0.4) is 0 Å². The smallest absolute Gasteiger partial charge is 0.244 e. The van der Waals surface area contributed by atoms with Gasteiger partial charge in [-0.3, -0.25) is 5.41 Å². The summed E-state index contributed by atoms with van der Waals surface area (Å²) < 4.78 is 5.59. The molecule has 0 aromatic carbocycles. The number of likely N-dealkylation sites (tertiary alicyclic amines) is 1. The Bertz CT molecular complexity index is 423. The Hall–Kier alpha value is -1.69. The third-order valence-corrected chi connectivity index (χ3v) is 3.34. The Morgan fingerprint density at radius 2 is 2.50 bits per heavy atom. The molecule has 1 fully saturated rings. The van der Waals surface area contributed by atoms with Crippen LogP contribution in [0.2, 0.25) is 0 Å². The Kier molecular flexibility index (Phi) is 4.09. The van der Waals surface area contributed by atoms with E-state index in [1.807, 2.05) is 0 Å². The summed E-state index contributed by atoms with van der Waals surface area (Å²) in [6.07, 6.45) is 4.95. The van der Waals surface area contributed by atoms with Crippen molar-refractivity contribution in [3.8, 4) is 5.88 Å². The second-order valence-electron chi connectivity index (χ2n) is 4.58. The molecule has 1 unspecified atom stereocenters. The minimum absolute atomic E-state index is 0.0436. The van der Waals surface area contributed by atoms with E-state index in [0.29, 0.717) is 24.1 Å². The Balaban J connectivity index is 1.88. The molecule has 6 heteroatoms. The number of nitrogen functional groups attached to an aromatic ring is 1. The standard InChI is InChI=1S/C12H19N5O/c1-17-7-2-3-9(17)5-8-18-12-10(11(13)14)4-6-15-16-12/h4,6,9H,2-3,5,7-8H2,1H3,(H3,13,14). The maximum Gasteiger partial charge on any atom is 0.244 e. The third kappa shape index (κ3) is 2.95. The highest BCUT2D eigenvalue weighted by molar-refractivity contribution is 5.96. The van der Waals surface area contributed by atoms with Crippen LogP contribution in [0, 0.1) is 5.41 Å². The van der Waals surface area contributed by atoms with Gasteiger partial charge in [0, 0.05) is 6.04 Å². The van der Waals surface area contributed by atoms with E-state index in [0.717, 1.165) is 13.0 Å². The molecule has 1 aromatic rings. The van der Waals surface area contributed by atoms with Crippen LogP contribution >= 0.6 is 0 Å². The molecule has 1 aromatic heterocycles. The first-order valence-corrected chi connectivity index (χ1v) is 6.17. The monoisotopic (exact) mass is 249 g/mol. The SMILES string of the molecule is CN1CCCC1CCOc1nnccc1C(=N)N. The summed E-state index contributed by atoms with van der Waals surface area (Å²) in [5.74, 6) is 0.309. The molecule has 98 valence electrons. The fourth-order valence-electron chi connectivity index (χ4n) is 2.27. The molecule has 0 amide bonds. The molecule has 3 N–H and O–H groups in total. The lowest BCUT2D eigenvalue weighted by molar-refractivity contribution is 0.227. The van der Waals surface area contributed by atoms with Gasteiger partial charge in [-0.25, -0.2) is 0 Å². The maximum atomic E-state index is 7.43. The van der Waals surface area contributed by atoms with Gasteiger partial charge in [0.1, 0.15) is 5.84 Å². The second-order valence-corrected chi connectivity index (χ2v) is 4.58. The van der Waals surface area contributed by atoms with Gasteiger partial charge in [0.25, 0.3) is 0 Å². The van der Waals surface area contributed by atoms with Crippen molar-refractivity contribution >= 4 is 5.84 Å². The zero-order valence-corrected chi connectivity index (χ0v) is 10.6. The number of hydrogen-bond donors (Lipinski definition) is 2. The van der Waals surface area contributed by atoms with Crippen molar-refractivity contribution in [2.45, 2.75) is 25.3 Å². The molecule has 1 saturated heterocycles. The largest absolute Gasteiger partial charge is 0.476 e. The predicted octanol–water partition coefficient (Wildman–Crippen LogP) is 0.624. The van der Waals surface area contributed by atoms with Gasteiger partial charge in [-0.1, -0.05) is 0 Å². The van der Waals surface area contributed by atoms with Gasteiger partial charge in [0.2, 0.25) is 5.88 Å². The van der Waals surface area contributed by atoms with E-state index >= 15 is 0 Å². The first kappa shape index (κ1) is 12.8. The highest BCUT2D eigenvalue weighted by Gasteiger charge is 2.20. The van der Waals surface area contributed by atoms with Gasteiger partial charge in [-0.05, 0) is 38.9 Å². The van der Waals surface area contributed by atoms with Gasteiger partial charge >= 0.3 is 0 Å². The summed E-state index contributed by atoms with van der Waals surface area (Å²) >= 11 is 0. The molecular formula is C12H19N5O. The molecule has 1 aliphatic heterocycles. The van der Waals surface area contributed by atoms with Gasteiger partial charge < -0.3 is 15.4 Å². The number of amidine groups is 1. The molecule has 18 heavy (non-hydrogen) atoms. The van der Waals surface area contributed by atoms with E-state index in [1.54, 1.807) is 6.07 Å². The van der Waals surface area contributed by atoms with Gasteiger partial charge in [-0.2, -0.15) is 5.10 Å². The molecular weight excluding hydrogens is 230 g/mol. The molecule has 0 saturated carbocycles. The van der Waals surface area contributed by atoms with Crippen molar-refractivity contribution in [3.63, 3.8) is 0 Å². The highest BCUT2D eigenvalue weighted by atomic mass is 16.5. The predicted molar refractivity (Wildman–Crippen MR) is 68.8 cm³/mol. The number of nitrogens with two attached hydrogens (primary N) is 1. The van der Waals surface area contributed by atoms with Gasteiger partial charge in [0.05, 0.1) is 18.4 Å². The lowest BCUT2D eigenvalue weighted by Crippen LogP contribution is -2.26. The summed E-state index contributed by atoms with van der Waals surface area (Å²) in [5, 5.41) is 15.1. The molecule has 6 nitrogen and oxygen atoms in total. The van der Waals surface area contributed by atoms with E-state index in [1.165, 1.54) is 19.0 Å². The van der Waals surface area contributed by atoms with Crippen LogP contribution in [0.1, 0.15) is 24.8 Å². The number of nitrogens with zero attached hydrogens (tertiary/aromatic N) is 3. The second kappa shape index (κ2) is 5.77. The number of hydrogen-bond acceptors (Lipinski definition) is 5. The van der Waals surface area contributed by atoms with Crippen LogP contribution in [0.15, 0.2) is 12.3 Å². The first-order valence-electron chi connectivity index (χ1n) is 6.17. The average Bonchev–Trinajstić information content (AvgIpc) is 2.76. The average molecular weight is 249 g/mol. The highest BCUT2D eigenvalue weighted by Crippen LogP contribution is 2.19. The number of nitrogens with one attached hydrogen (secondary N) is 1. The van der Waals surface area contributed by atoms with Crippen LogP contribution < -0.4 is 10.5 Å². The van der Waals surface area contributed by atoms with Crippen molar-refractivity contribution < 1.29 is 4.74 Å². The topological polar surface area (TPSA) is 88.1 Å². The quantitative estimate of drug-likeness (QED) is 0.590. The van der Waals surface area contributed by atoms with E-state index in [9.17, 15) is 0 Å². The molecule has 2 rings (SSSR count). The van der Waals surface area contributed by atoms with E-state index in [4.69, 9.17) is 15.9 Å². The maximum absolute atomic E-state index is 7.43. The van der Waals surface area contributed by atoms with Gasteiger partial charge in [0.15, 0.2) is 0 Å². The first-order chi connectivity index (χ1) is 8.68. The van der Waals surface area contributed by atoms with Crippen molar-refractivity contribution in [1.82, 2.24) is 15.1 Å². The lowest BCUT2D eigenvalue weighted by atomic mass is 10.1. The molecule has 1 atom stereocenters.